The molecule has 0 radical (unpaired) electrons. The lowest BCUT2D eigenvalue weighted by Gasteiger charge is -2.25. The first kappa shape index (κ1) is 16.0. The Morgan fingerprint density at radius 3 is 2.68 bits per heavy atom. The number of aliphatic hydroxyl groups is 1. The van der Waals surface area contributed by atoms with E-state index in [0.29, 0.717) is 19.5 Å². The third-order valence-electron chi connectivity index (χ3n) is 2.85. The van der Waals surface area contributed by atoms with Crippen molar-refractivity contribution in [1.82, 2.24) is 4.90 Å². The number of thioether (sulfide) groups is 1. The van der Waals surface area contributed by atoms with E-state index < -0.39 is 6.04 Å². The third kappa shape index (κ3) is 5.63. The maximum absolute atomic E-state index is 12.2. The predicted molar refractivity (Wildman–Crippen MR) is 79.9 cm³/mol. The van der Waals surface area contributed by atoms with Crippen LogP contribution in [0.2, 0.25) is 0 Å². The predicted octanol–water partition coefficient (Wildman–Crippen LogP) is 1.09. The number of hydrogen-bond acceptors (Lipinski definition) is 4. The summed E-state index contributed by atoms with van der Waals surface area (Å²) >= 11 is 1.68. The van der Waals surface area contributed by atoms with Crippen LogP contribution in [0.25, 0.3) is 0 Å². The van der Waals surface area contributed by atoms with Gasteiger partial charge >= 0.3 is 0 Å². The molecule has 1 rings (SSSR count). The van der Waals surface area contributed by atoms with Crippen molar-refractivity contribution >= 4 is 17.7 Å². The van der Waals surface area contributed by atoms with Gasteiger partial charge in [0, 0.05) is 13.1 Å². The minimum Gasteiger partial charge on any atom is -0.395 e. The fourth-order valence-electron chi connectivity index (χ4n) is 1.79. The molecule has 3 N–H and O–H groups in total. The average Bonchev–Trinajstić information content (AvgIpc) is 2.44. The fourth-order valence-corrected chi connectivity index (χ4v) is 2.28. The van der Waals surface area contributed by atoms with E-state index >= 15 is 0 Å². The molecule has 5 heteroatoms. The summed E-state index contributed by atoms with van der Waals surface area (Å²) in [5.41, 5.74) is 6.94. The highest BCUT2D eigenvalue weighted by Crippen LogP contribution is 2.08. The number of hydrogen-bond donors (Lipinski definition) is 2. The van der Waals surface area contributed by atoms with Crippen LogP contribution in [0.5, 0.6) is 0 Å². The van der Waals surface area contributed by atoms with Crippen LogP contribution in [0.15, 0.2) is 30.3 Å². The van der Waals surface area contributed by atoms with E-state index in [1.807, 2.05) is 36.6 Å². The lowest BCUT2D eigenvalue weighted by atomic mass is 10.1. The monoisotopic (exact) mass is 282 g/mol. The fraction of sp³-hybridized carbons (Fsp3) is 0.500. The molecule has 19 heavy (non-hydrogen) atoms. The van der Waals surface area contributed by atoms with Crippen LogP contribution in [-0.4, -0.2) is 47.1 Å². The van der Waals surface area contributed by atoms with Crippen molar-refractivity contribution in [1.29, 1.82) is 0 Å². The molecule has 0 aliphatic carbocycles. The quantitative estimate of drug-likeness (QED) is 0.749. The number of carbonyl (C=O) groups is 1. The van der Waals surface area contributed by atoms with Gasteiger partial charge in [-0.3, -0.25) is 4.79 Å². The largest absolute Gasteiger partial charge is 0.395 e. The minimum atomic E-state index is -0.484. The van der Waals surface area contributed by atoms with Crippen LogP contribution >= 0.6 is 11.8 Å². The highest BCUT2D eigenvalue weighted by molar-refractivity contribution is 7.98. The molecule has 1 atom stereocenters. The van der Waals surface area contributed by atoms with Gasteiger partial charge in [-0.2, -0.15) is 11.8 Å². The molecule has 0 fully saturated rings. The van der Waals surface area contributed by atoms with Gasteiger partial charge < -0.3 is 15.7 Å². The Kier molecular flexibility index (Phi) is 7.55. The molecule has 0 saturated heterocycles. The van der Waals surface area contributed by atoms with Gasteiger partial charge in [-0.05, 0) is 24.0 Å². The smallest absolute Gasteiger partial charge is 0.239 e. The molecule has 0 aromatic heterocycles. The van der Waals surface area contributed by atoms with Crippen LogP contribution < -0.4 is 5.73 Å². The van der Waals surface area contributed by atoms with Crippen LogP contribution in [0.1, 0.15) is 12.0 Å². The topological polar surface area (TPSA) is 66.6 Å². The second kappa shape index (κ2) is 8.96. The normalized spacial score (nSPS) is 12.2. The molecular formula is C14H22N2O2S. The van der Waals surface area contributed by atoms with Crippen molar-refractivity contribution in [3.8, 4) is 0 Å². The number of carbonyl (C=O) groups excluding carboxylic acids is 1. The number of benzene rings is 1. The summed E-state index contributed by atoms with van der Waals surface area (Å²) in [5, 5.41) is 9.08. The molecule has 106 valence electrons. The van der Waals surface area contributed by atoms with E-state index in [1.165, 1.54) is 0 Å². The Balaban J connectivity index is 2.63. The Bertz CT molecular complexity index is 373. The zero-order valence-corrected chi connectivity index (χ0v) is 12.1. The molecule has 1 amide bonds. The Morgan fingerprint density at radius 2 is 2.11 bits per heavy atom. The summed E-state index contributed by atoms with van der Waals surface area (Å²) in [5.74, 6) is 0.775. The van der Waals surface area contributed by atoms with Crippen LogP contribution in [0.4, 0.5) is 0 Å². The second-order valence-corrected chi connectivity index (χ2v) is 5.34. The number of nitrogens with zero attached hydrogens (tertiary/aromatic N) is 1. The number of amides is 1. The van der Waals surface area contributed by atoms with Crippen molar-refractivity contribution in [3.05, 3.63) is 35.9 Å². The summed E-state index contributed by atoms with van der Waals surface area (Å²) in [6.45, 7) is 0.766. The summed E-state index contributed by atoms with van der Waals surface area (Å²) in [6, 6.07) is 9.25. The maximum atomic E-state index is 12.2. The summed E-state index contributed by atoms with van der Waals surface area (Å²) in [4.78, 5) is 13.8. The van der Waals surface area contributed by atoms with E-state index in [0.717, 1.165) is 11.3 Å². The van der Waals surface area contributed by atoms with E-state index in [-0.39, 0.29) is 12.5 Å². The highest BCUT2D eigenvalue weighted by Gasteiger charge is 2.20. The summed E-state index contributed by atoms with van der Waals surface area (Å²) in [6.07, 6.45) is 2.66. The van der Waals surface area contributed by atoms with Gasteiger partial charge in [-0.1, -0.05) is 30.3 Å². The van der Waals surface area contributed by atoms with Gasteiger partial charge in [0.25, 0.3) is 0 Å². The zero-order chi connectivity index (χ0) is 14.1. The van der Waals surface area contributed by atoms with Gasteiger partial charge in [0.15, 0.2) is 0 Å². The lowest BCUT2D eigenvalue weighted by Crippen LogP contribution is -2.44. The molecule has 1 aromatic carbocycles. The molecule has 0 unspecified atom stereocenters. The standard InChI is InChI=1S/C14H22N2O2S/c1-19-10-7-13(15)14(18)16(8-9-17)11-12-5-3-2-4-6-12/h2-6,13,17H,7-11,15H2,1H3/t13-/m0/s1. The van der Waals surface area contributed by atoms with Crippen molar-refractivity contribution < 1.29 is 9.90 Å². The number of rotatable bonds is 8. The van der Waals surface area contributed by atoms with Gasteiger partial charge in [-0.15, -0.1) is 0 Å². The molecular weight excluding hydrogens is 260 g/mol. The van der Waals surface area contributed by atoms with E-state index in [1.54, 1.807) is 16.7 Å². The van der Waals surface area contributed by atoms with E-state index in [2.05, 4.69) is 0 Å². The summed E-state index contributed by atoms with van der Waals surface area (Å²) in [7, 11) is 0. The lowest BCUT2D eigenvalue weighted by molar-refractivity contribution is -0.133. The molecule has 0 aliphatic heterocycles. The van der Waals surface area contributed by atoms with Crippen molar-refractivity contribution in [2.45, 2.75) is 19.0 Å². The van der Waals surface area contributed by atoms with Crippen LogP contribution in [0, 0.1) is 0 Å². The van der Waals surface area contributed by atoms with Crippen LogP contribution in [-0.2, 0) is 11.3 Å². The molecule has 0 bridgehead atoms. The Labute approximate surface area is 119 Å². The first-order valence-electron chi connectivity index (χ1n) is 6.37. The maximum Gasteiger partial charge on any atom is 0.239 e. The summed E-state index contributed by atoms with van der Waals surface area (Å²) < 4.78 is 0. The molecule has 0 spiro atoms. The van der Waals surface area contributed by atoms with Crippen molar-refractivity contribution in [3.63, 3.8) is 0 Å². The molecule has 1 aromatic rings. The molecule has 0 aliphatic rings. The van der Waals surface area contributed by atoms with Gasteiger partial charge in [0.05, 0.1) is 12.6 Å². The zero-order valence-electron chi connectivity index (χ0n) is 11.3. The molecule has 4 nitrogen and oxygen atoms in total. The SMILES string of the molecule is CSCC[C@H](N)C(=O)N(CCO)Cc1ccccc1. The van der Waals surface area contributed by atoms with Crippen molar-refractivity contribution in [2.75, 3.05) is 25.2 Å². The van der Waals surface area contributed by atoms with Crippen molar-refractivity contribution in [2.24, 2.45) is 5.73 Å². The van der Waals surface area contributed by atoms with E-state index in [4.69, 9.17) is 10.8 Å². The van der Waals surface area contributed by atoms with Gasteiger partial charge in [0.1, 0.15) is 0 Å². The average molecular weight is 282 g/mol. The first-order valence-corrected chi connectivity index (χ1v) is 7.76. The van der Waals surface area contributed by atoms with Crippen LogP contribution in [0.3, 0.4) is 0 Å². The van der Waals surface area contributed by atoms with Gasteiger partial charge in [-0.25, -0.2) is 0 Å². The Hall–Kier alpha value is -1.04. The minimum absolute atomic E-state index is 0.0478. The van der Waals surface area contributed by atoms with E-state index in [9.17, 15) is 4.79 Å². The molecule has 0 heterocycles. The first-order chi connectivity index (χ1) is 9.19. The molecule has 0 saturated carbocycles. The van der Waals surface area contributed by atoms with Gasteiger partial charge in [0.2, 0.25) is 5.91 Å². The number of nitrogens with two attached hydrogens (primary N) is 1. The third-order valence-corrected chi connectivity index (χ3v) is 3.49. The second-order valence-electron chi connectivity index (χ2n) is 4.36. The highest BCUT2D eigenvalue weighted by atomic mass is 32.2. The Morgan fingerprint density at radius 1 is 1.42 bits per heavy atom. The number of aliphatic hydroxyl groups excluding tert-OH is 1.